The Kier molecular flexibility index (Phi) is 3.00. The van der Waals surface area contributed by atoms with Crippen molar-refractivity contribution in [2.24, 2.45) is 0 Å². The molecule has 1 aromatic heterocycles. The molecule has 14 heavy (non-hydrogen) atoms. The molecule has 0 aliphatic rings. The van der Waals surface area contributed by atoms with E-state index < -0.39 is 23.8 Å². The van der Waals surface area contributed by atoms with E-state index >= 15 is 0 Å². The molecule has 1 aromatic rings. The van der Waals surface area contributed by atoms with Gasteiger partial charge in [0.05, 0.1) is 5.56 Å². The molecular weight excluding hydrogens is 264 g/mol. The fraction of sp³-hybridized carbons (Fsp3) is 0.143. The van der Waals surface area contributed by atoms with Gasteiger partial charge in [0.2, 0.25) is 0 Å². The Morgan fingerprint density at radius 3 is 2.57 bits per heavy atom. The number of halogens is 3. The highest BCUT2D eigenvalue weighted by atomic mass is 79.9. The lowest BCUT2D eigenvalue weighted by atomic mass is 10.2. The number of alkyl halides is 2. The number of nitrogens with zero attached hydrogens (tertiary/aromatic N) is 1. The molecule has 4 nitrogen and oxygen atoms in total. The SMILES string of the molecule is O=C(O)c1cc(O)c(C(F)F)nc1Br. The second kappa shape index (κ2) is 3.87. The quantitative estimate of drug-likeness (QED) is 0.806. The summed E-state index contributed by atoms with van der Waals surface area (Å²) in [6.45, 7) is 0. The minimum atomic E-state index is -2.95. The van der Waals surface area contributed by atoms with Crippen LogP contribution < -0.4 is 0 Å². The lowest BCUT2D eigenvalue weighted by molar-refractivity contribution is 0.0693. The van der Waals surface area contributed by atoms with Crippen LogP contribution in [0, 0.1) is 0 Å². The number of pyridine rings is 1. The van der Waals surface area contributed by atoms with Crippen molar-refractivity contribution in [3.05, 3.63) is 21.9 Å². The van der Waals surface area contributed by atoms with E-state index in [9.17, 15) is 13.6 Å². The first-order chi connectivity index (χ1) is 6.43. The normalized spacial score (nSPS) is 10.6. The summed E-state index contributed by atoms with van der Waals surface area (Å²) in [6, 6.07) is 0.723. The molecule has 0 atom stereocenters. The smallest absolute Gasteiger partial charge is 0.338 e. The maximum atomic E-state index is 12.1. The largest absolute Gasteiger partial charge is 0.506 e. The van der Waals surface area contributed by atoms with Crippen LogP contribution in [0.15, 0.2) is 10.7 Å². The second-order valence-corrected chi connectivity index (χ2v) is 3.09. The molecule has 0 spiro atoms. The van der Waals surface area contributed by atoms with Gasteiger partial charge >= 0.3 is 5.97 Å². The maximum Gasteiger partial charge on any atom is 0.338 e. The van der Waals surface area contributed by atoms with Crippen LogP contribution in [0.5, 0.6) is 5.75 Å². The molecule has 1 rings (SSSR count). The molecule has 7 heteroatoms. The summed E-state index contributed by atoms with van der Waals surface area (Å²) in [5.74, 6) is -2.19. The first-order valence-electron chi connectivity index (χ1n) is 3.34. The number of carboxylic acid groups (broad SMARTS) is 1. The third-order valence-electron chi connectivity index (χ3n) is 1.42. The minimum absolute atomic E-state index is 0.238. The van der Waals surface area contributed by atoms with E-state index in [1.165, 1.54) is 0 Å². The van der Waals surface area contributed by atoms with Crippen molar-refractivity contribution in [3.8, 4) is 5.75 Å². The zero-order valence-corrected chi connectivity index (χ0v) is 8.12. The van der Waals surface area contributed by atoms with Crippen LogP contribution in [0.2, 0.25) is 0 Å². The fourth-order valence-corrected chi connectivity index (χ4v) is 1.28. The van der Waals surface area contributed by atoms with Crippen LogP contribution in [0.1, 0.15) is 22.5 Å². The average Bonchev–Trinajstić information content (AvgIpc) is 2.07. The van der Waals surface area contributed by atoms with E-state index in [1.807, 2.05) is 0 Å². The molecule has 0 bridgehead atoms. The molecule has 0 aromatic carbocycles. The standard InChI is InChI=1S/C7H4BrF2NO3/c8-5-2(7(13)14)1-3(12)4(11-5)6(9)10/h1,6,12H,(H,13,14). The molecule has 0 radical (unpaired) electrons. The van der Waals surface area contributed by atoms with Gasteiger partial charge in [-0.25, -0.2) is 18.6 Å². The lowest BCUT2D eigenvalue weighted by Gasteiger charge is -2.05. The zero-order valence-electron chi connectivity index (χ0n) is 6.54. The molecule has 0 unspecified atom stereocenters. The second-order valence-electron chi connectivity index (χ2n) is 2.34. The average molecular weight is 268 g/mol. The molecule has 0 saturated heterocycles. The summed E-state index contributed by atoms with van der Waals surface area (Å²) in [4.78, 5) is 13.7. The Hall–Kier alpha value is -1.24. The van der Waals surface area contributed by atoms with E-state index in [4.69, 9.17) is 10.2 Å². The van der Waals surface area contributed by atoms with Crippen LogP contribution in [0.4, 0.5) is 8.78 Å². The van der Waals surface area contributed by atoms with Gasteiger partial charge in [-0.05, 0) is 22.0 Å². The summed E-state index contributed by atoms with van der Waals surface area (Å²) >= 11 is 2.71. The van der Waals surface area contributed by atoms with Gasteiger partial charge in [-0.15, -0.1) is 0 Å². The summed E-state index contributed by atoms with van der Waals surface area (Å²) in [5, 5.41) is 17.6. The molecule has 2 N–H and O–H groups in total. The Morgan fingerprint density at radius 2 is 2.14 bits per heavy atom. The molecule has 0 aliphatic heterocycles. The topological polar surface area (TPSA) is 70.4 Å². The van der Waals surface area contributed by atoms with Crippen LogP contribution in [0.25, 0.3) is 0 Å². The van der Waals surface area contributed by atoms with E-state index in [1.54, 1.807) is 0 Å². The van der Waals surface area contributed by atoms with Gasteiger partial charge in [0, 0.05) is 0 Å². The maximum absolute atomic E-state index is 12.1. The van der Waals surface area contributed by atoms with Crippen molar-refractivity contribution >= 4 is 21.9 Å². The van der Waals surface area contributed by atoms with Gasteiger partial charge in [-0.3, -0.25) is 0 Å². The summed E-state index contributed by atoms with van der Waals surface area (Å²) in [5.41, 5.74) is -1.21. The predicted molar refractivity (Wildman–Crippen MR) is 45.5 cm³/mol. The molecular formula is C7H4BrF2NO3. The fourth-order valence-electron chi connectivity index (χ4n) is 0.804. The lowest BCUT2D eigenvalue weighted by Crippen LogP contribution is -2.02. The van der Waals surface area contributed by atoms with Crippen LogP contribution in [-0.4, -0.2) is 21.2 Å². The number of rotatable bonds is 2. The van der Waals surface area contributed by atoms with Crippen molar-refractivity contribution in [3.63, 3.8) is 0 Å². The van der Waals surface area contributed by atoms with Crippen molar-refractivity contribution in [1.82, 2.24) is 4.98 Å². The van der Waals surface area contributed by atoms with Gasteiger partial charge in [0.25, 0.3) is 6.43 Å². The number of hydrogen-bond donors (Lipinski definition) is 2. The number of aromatic nitrogens is 1. The summed E-state index contributed by atoms with van der Waals surface area (Å²) in [6.07, 6.45) is -2.95. The molecule has 0 fully saturated rings. The van der Waals surface area contributed by atoms with Crippen LogP contribution >= 0.6 is 15.9 Å². The van der Waals surface area contributed by atoms with Gasteiger partial charge in [-0.2, -0.15) is 0 Å². The van der Waals surface area contributed by atoms with Crippen molar-refractivity contribution < 1.29 is 23.8 Å². The number of aromatic carboxylic acids is 1. The van der Waals surface area contributed by atoms with Gasteiger partial charge in [0.1, 0.15) is 16.0 Å². The highest BCUT2D eigenvalue weighted by molar-refractivity contribution is 9.10. The van der Waals surface area contributed by atoms with Crippen molar-refractivity contribution in [2.45, 2.75) is 6.43 Å². The van der Waals surface area contributed by atoms with Crippen LogP contribution in [0.3, 0.4) is 0 Å². The Morgan fingerprint density at radius 1 is 1.57 bits per heavy atom. The van der Waals surface area contributed by atoms with E-state index in [0.29, 0.717) is 0 Å². The predicted octanol–water partition coefficient (Wildman–Crippen LogP) is 2.19. The Labute approximate surface area is 85.3 Å². The Bertz CT molecular complexity index is 383. The third-order valence-corrected chi connectivity index (χ3v) is 2.03. The Balaban J connectivity index is 3.31. The molecule has 0 aliphatic carbocycles. The highest BCUT2D eigenvalue weighted by Crippen LogP contribution is 2.29. The van der Waals surface area contributed by atoms with Gasteiger partial charge in [-0.1, -0.05) is 0 Å². The number of hydrogen-bond acceptors (Lipinski definition) is 3. The highest BCUT2D eigenvalue weighted by Gasteiger charge is 2.20. The van der Waals surface area contributed by atoms with E-state index in [-0.39, 0.29) is 10.2 Å². The minimum Gasteiger partial charge on any atom is -0.506 e. The molecule has 0 amide bonds. The molecule has 76 valence electrons. The molecule has 0 saturated carbocycles. The monoisotopic (exact) mass is 267 g/mol. The first kappa shape index (κ1) is 10.8. The number of carboxylic acids is 1. The zero-order chi connectivity index (χ0) is 10.9. The van der Waals surface area contributed by atoms with E-state index in [2.05, 4.69) is 20.9 Å². The third kappa shape index (κ3) is 1.98. The van der Waals surface area contributed by atoms with Gasteiger partial charge < -0.3 is 10.2 Å². The number of carbonyl (C=O) groups is 1. The summed E-state index contributed by atoms with van der Waals surface area (Å²) < 4.78 is 24.1. The first-order valence-corrected chi connectivity index (χ1v) is 4.13. The van der Waals surface area contributed by atoms with Crippen molar-refractivity contribution in [2.75, 3.05) is 0 Å². The van der Waals surface area contributed by atoms with E-state index in [0.717, 1.165) is 6.07 Å². The van der Waals surface area contributed by atoms with Crippen molar-refractivity contribution in [1.29, 1.82) is 0 Å². The number of aromatic hydroxyl groups is 1. The van der Waals surface area contributed by atoms with Gasteiger partial charge in [0.15, 0.2) is 0 Å². The summed E-state index contributed by atoms with van der Waals surface area (Å²) in [7, 11) is 0. The van der Waals surface area contributed by atoms with Crippen LogP contribution in [-0.2, 0) is 0 Å². The molecule has 1 heterocycles.